The van der Waals surface area contributed by atoms with Gasteiger partial charge in [-0.25, -0.2) is 0 Å². The Morgan fingerprint density at radius 3 is 2.26 bits per heavy atom. The molecule has 0 atom stereocenters. The average Bonchev–Trinajstić information content (AvgIpc) is 3.15. The van der Waals surface area contributed by atoms with Crippen molar-refractivity contribution in [2.75, 3.05) is 0 Å². The summed E-state index contributed by atoms with van der Waals surface area (Å²) in [7, 11) is 0. The first-order valence-corrected chi connectivity index (χ1v) is 11.3. The van der Waals surface area contributed by atoms with Crippen LogP contribution >= 0.6 is 46.6 Å². The summed E-state index contributed by atoms with van der Waals surface area (Å²) in [6, 6.07) is 14.6. The van der Waals surface area contributed by atoms with Crippen molar-refractivity contribution in [3.8, 4) is 5.69 Å². The molecule has 158 valence electrons. The molecule has 3 aromatic rings. The quantitative estimate of drug-likeness (QED) is 0.360. The van der Waals surface area contributed by atoms with Crippen LogP contribution in [0.4, 0.5) is 4.79 Å². The predicted octanol–water partition coefficient (Wildman–Crippen LogP) is 7.29. The molecule has 8 heteroatoms. The summed E-state index contributed by atoms with van der Waals surface area (Å²) in [5.41, 5.74) is 4.36. The Morgan fingerprint density at radius 1 is 0.968 bits per heavy atom. The molecule has 0 saturated carbocycles. The second kappa shape index (κ2) is 8.75. The van der Waals surface area contributed by atoms with E-state index in [1.54, 1.807) is 24.3 Å². The summed E-state index contributed by atoms with van der Waals surface area (Å²) in [5, 5.41) is 1.15. The first kappa shape index (κ1) is 22.0. The second-order valence-corrected chi connectivity index (χ2v) is 9.35. The molecule has 0 bridgehead atoms. The van der Waals surface area contributed by atoms with Crippen LogP contribution in [0, 0.1) is 13.8 Å². The van der Waals surface area contributed by atoms with Gasteiger partial charge in [0.15, 0.2) is 0 Å². The van der Waals surface area contributed by atoms with E-state index >= 15 is 0 Å². The van der Waals surface area contributed by atoms with Crippen molar-refractivity contribution in [3.63, 3.8) is 0 Å². The highest BCUT2D eigenvalue weighted by Crippen LogP contribution is 2.36. The van der Waals surface area contributed by atoms with E-state index in [-0.39, 0.29) is 17.7 Å². The number of imide groups is 1. The molecule has 0 N–H and O–H groups in total. The van der Waals surface area contributed by atoms with Crippen molar-refractivity contribution >= 4 is 63.8 Å². The summed E-state index contributed by atoms with van der Waals surface area (Å²) in [4.78, 5) is 27.0. The Bertz CT molecular complexity index is 1210. The lowest BCUT2D eigenvalue weighted by Gasteiger charge is -2.14. The second-order valence-electron chi connectivity index (χ2n) is 7.11. The van der Waals surface area contributed by atoms with E-state index in [0.717, 1.165) is 34.4 Å². The SMILES string of the molecule is Cc1cc(/C=C2\SC(=O)N(Cc3c(Cl)cccc3Cl)C2=O)c(C)n1-c1ccc(Cl)cc1. The van der Waals surface area contributed by atoms with Crippen LogP contribution in [-0.2, 0) is 11.3 Å². The molecule has 1 fully saturated rings. The van der Waals surface area contributed by atoms with Crippen molar-refractivity contribution in [2.24, 2.45) is 0 Å². The Kier molecular flexibility index (Phi) is 6.22. The van der Waals surface area contributed by atoms with Gasteiger partial charge < -0.3 is 4.57 Å². The van der Waals surface area contributed by atoms with Gasteiger partial charge in [-0.1, -0.05) is 40.9 Å². The number of benzene rings is 2. The zero-order chi connectivity index (χ0) is 22.3. The van der Waals surface area contributed by atoms with Crippen LogP contribution < -0.4 is 0 Å². The maximum atomic E-state index is 13.0. The van der Waals surface area contributed by atoms with Gasteiger partial charge in [0, 0.05) is 37.7 Å². The molecular weight excluding hydrogens is 475 g/mol. The summed E-state index contributed by atoms with van der Waals surface area (Å²) in [6.07, 6.45) is 1.76. The van der Waals surface area contributed by atoms with Crippen LogP contribution in [0.2, 0.25) is 15.1 Å². The van der Waals surface area contributed by atoms with Gasteiger partial charge in [0.05, 0.1) is 11.4 Å². The minimum atomic E-state index is -0.359. The van der Waals surface area contributed by atoms with Crippen LogP contribution in [0.15, 0.2) is 53.4 Å². The van der Waals surface area contributed by atoms with Crippen molar-refractivity contribution in [2.45, 2.75) is 20.4 Å². The van der Waals surface area contributed by atoms with E-state index in [4.69, 9.17) is 34.8 Å². The van der Waals surface area contributed by atoms with Crippen molar-refractivity contribution in [3.05, 3.63) is 91.0 Å². The molecule has 1 saturated heterocycles. The predicted molar refractivity (Wildman–Crippen MR) is 128 cm³/mol. The van der Waals surface area contributed by atoms with Gasteiger partial charge >= 0.3 is 0 Å². The molecular formula is C23H17Cl3N2O2S. The van der Waals surface area contributed by atoms with Crippen LogP contribution in [0.25, 0.3) is 11.8 Å². The highest BCUT2D eigenvalue weighted by Gasteiger charge is 2.36. The lowest BCUT2D eigenvalue weighted by Crippen LogP contribution is -2.27. The number of rotatable bonds is 4. The maximum absolute atomic E-state index is 13.0. The van der Waals surface area contributed by atoms with E-state index in [1.807, 2.05) is 44.2 Å². The molecule has 2 aromatic carbocycles. The van der Waals surface area contributed by atoms with E-state index in [0.29, 0.717) is 25.5 Å². The van der Waals surface area contributed by atoms with Crippen LogP contribution in [-0.4, -0.2) is 20.6 Å². The first-order valence-electron chi connectivity index (χ1n) is 9.39. The molecule has 1 aliphatic rings. The fraction of sp³-hybridized carbons (Fsp3) is 0.130. The van der Waals surface area contributed by atoms with Gasteiger partial charge in [-0.3, -0.25) is 14.5 Å². The summed E-state index contributed by atoms with van der Waals surface area (Å²) in [5.74, 6) is -0.359. The van der Waals surface area contributed by atoms with Crippen LogP contribution in [0.5, 0.6) is 0 Å². The van der Waals surface area contributed by atoms with E-state index in [1.165, 1.54) is 4.90 Å². The van der Waals surface area contributed by atoms with Gasteiger partial charge in [-0.2, -0.15) is 0 Å². The van der Waals surface area contributed by atoms with Crippen LogP contribution in [0.1, 0.15) is 22.5 Å². The number of aryl methyl sites for hydroxylation is 1. The molecule has 4 rings (SSSR count). The third-order valence-electron chi connectivity index (χ3n) is 5.09. The fourth-order valence-electron chi connectivity index (χ4n) is 3.54. The molecule has 2 heterocycles. The highest BCUT2D eigenvalue weighted by molar-refractivity contribution is 8.18. The molecule has 4 nitrogen and oxygen atoms in total. The molecule has 0 aliphatic carbocycles. The largest absolute Gasteiger partial charge is 0.318 e. The first-order chi connectivity index (χ1) is 14.8. The Hall–Kier alpha value is -2.18. The van der Waals surface area contributed by atoms with Gasteiger partial charge in [0.25, 0.3) is 11.1 Å². The van der Waals surface area contributed by atoms with Gasteiger partial charge in [-0.05, 0) is 79.7 Å². The number of carbonyl (C=O) groups is 2. The molecule has 0 radical (unpaired) electrons. The minimum absolute atomic E-state index is 0.0321. The number of carbonyl (C=O) groups excluding carboxylic acids is 2. The monoisotopic (exact) mass is 490 g/mol. The van der Waals surface area contributed by atoms with E-state index < -0.39 is 0 Å². The molecule has 1 aromatic heterocycles. The lowest BCUT2D eigenvalue weighted by atomic mass is 10.2. The molecule has 2 amide bonds. The zero-order valence-electron chi connectivity index (χ0n) is 16.7. The number of thioether (sulfide) groups is 1. The number of hydrogen-bond donors (Lipinski definition) is 0. The number of amides is 2. The third-order valence-corrected chi connectivity index (χ3v) is 6.96. The fourth-order valence-corrected chi connectivity index (χ4v) is 5.01. The Balaban J connectivity index is 1.64. The maximum Gasteiger partial charge on any atom is 0.293 e. The standard InChI is InChI=1S/C23H17Cl3N2O2S/c1-13-10-15(14(2)28(13)17-8-6-16(24)7-9-17)11-21-22(29)27(23(30)31-21)12-18-19(25)4-3-5-20(18)26/h3-11H,12H2,1-2H3/b21-11-. The average molecular weight is 492 g/mol. The van der Waals surface area contributed by atoms with Crippen molar-refractivity contribution in [1.82, 2.24) is 9.47 Å². The van der Waals surface area contributed by atoms with Crippen molar-refractivity contribution in [1.29, 1.82) is 0 Å². The van der Waals surface area contributed by atoms with E-state index in [9.17, 15) is 9.59 Å². The zero-order valence-corrected chi connectivity index (χ0v) is 19.7. The van der Waals surface area contributed by atoms with Gasteiger partial charge in [-0.15, -0.1) is 0 Å². The minimum Gasteiger partial charge on any atom is -0.318 e. The summed E-state index contributed by atoms with van der Waals surface area (Å²) in [6.45, 7) is 4.00. The normalized spacial score (nSPS) is 15.4. The smallest absolute Gasteiger partial charge is 0.293 e. The molecule has 0 unspecified atom stereocenters. The molecule has 0 spiro atoms. The summed E-state index contributed by atoms with van der Waals surface area (Å²) < 4.78 is 2.08. The molecule has 1 aliphatic heterocycles. The van der Waals surface area contributed by atoms with Crippen molar-refractivity contribution < 1.29 is 9.59 Å². The van der Waals surface area contributed by atoms with Gasteiger partial charge in [0.2, 0.25) is 0 Å². The number of nitrogens with zero attached hydrogens (tertiary/aromatic N) is 2. The lowest BCUT2D eigenvalue weighted by molar-refractivity contribution is -0.123. The highest BCUT2D eigenvalue weighted by atomic mass is 35.5. The molecule has 31 heavy (non-hydrogen) atoms. The number of hydrogen-bond acceptors (Lipinski definition) is 3. The Labute approximate surface area is 199 Å². The number of aromatic nitrogens is 1. The topological polar surface area (TPSA) is 42.3 Å². The van der Waals surface area contributed by atoms with Gasteiger partial charge in [0.1, 0.15) is 0 Å². The Morgan fingerprint density at radius 2 is 1.61 bits per heavy atom. The third kappa shape index (κ3) is 4.28. The number of halogens is 3. The van der Waals surface area contributed by atoms with E-state index in [2.05, 4.69) is 4.57 Å². The summed E-state index contributed by atoms with van der Waals surface area (Å²) >= 11 is 19.3. The van der Waals surface area contributed by atoms with Crippen LogP contribution in [0.3, 0.4) is 0 Å².